The Labute approximate surface area is 116 Å². The number of rotatable bonds is 3. The summed E-state index contributed by atoms with van der Waals surface area (Å²) >= 11 is 0. The molecule has 0 aromatic heterocycles. The average Bonchev–Trinajstić information content (AvgIpc) is 2.56. The van der Waals surface area contributed by atoms with E-state index in [0.29, 0.717) is 12.1 Å². The monoisotopic (exact) mass is 279 g/mol. The van der Waals surface area contributed by atoms with Crippen LogP contribution in [0.2, 0.25) is 0 Å². The van der Waals surface area contributed by atoms with Crippen LogP contribution in [0.25, 0.3) is 0 Å². The van der Waals surface area contributed by atoms with Crippen molar-refractivity contribution in [3.63, 3.8) is 0 Å². The Bertz CT molecular complexity index is 533. The molecule has 108 valence electrons. The van der Waals surface area contributed by atoms with E-state index in [1.807, 2.05) is 0 Å². The van der Waals surface area contributed by atoms with Crippen LogP contribution in [0, 0.1) is 5.82 Å². The molecule has 1 aliphatic heterocycles. The van der Waals surface area contributed by atoms with Gasteiger partial charge < -0.3 is 16.0 Å². The number of carbonyl (C=O) groups is 2. The lowest BCUT2D eigenvalue weighted by Gasteiger charge is -2.23. The zero-order chi connectivity index (χ0) is 14.7. The largest absolute Gasteiger partial charge is 0.366 e. The first-order chi connectivity index (χ1) is 9.49. The molecule has 1 atom stereocenters. The zero-order valence-corrected chi connectivity index (χ0v) is 11.4. The summed E-state index contributed by atoms with van der Waals surface area (Å²) in [6, 6.07) is 3.68. The van der Waals surface area contributed by atoms with Gasteiger partial charge in [-0.1, -0.05) is 0 Å². The van der Waals surface area contributed by atoms with E-state index in [0.717, 1.165) is 13.0 Å². The Morgan fingerprint density at radius 1 is 1.55 bits per heavy atom. The number of nitrogens with one attached hydrogen (secondary N) is 1. The molecule has 1 saturated heterocycles. The van der Waals surface area contributed by atoms with E-state index < -0.39 is 11.7 Å². The number of hydrogen-bond donors (Lipinski definition) is 2. The highest BCUT2D eigenvalue weighted by Gasteiger charge is 2.23. The highest BCUT2D eigenvalue weighted by atomic mass is 19.1. The van der Waals surface area contributed by atoms with Crippen molar-refractivity contribution < 1.29 is 14.0 Å². The number of primary amides is 1. The summed E-state index contributed by atoms with van der Waals surface area (Å²) in [5.74, 6) is -1.11. The molecule has 0 radical (unpaired) electrons. The number of hydrogen-bond acceptors (Lipinski definition) is 3. The molecule has 1 unspecified atom stereocenters. The van der Waals surface area contributed by atoms with E-state index in [9.17, 15) is 14.0 Å². The van der Waals surface area contributed by atoms with Crippen LogP contribution in [0.1, 0.15) is 29.3 Å². The van der Waals surface area contributed by atoms with Crippen LogP contribution in [0.5, 0.6) is 0 Å². The van der Waals surface area contributed by atoms with Crippen LogP contribution in [0.15, 0.2) is 18.2 Å². The second-order valence-corrected chi connectivity index (χ2v) is 4.96. The van der Waals surface area contributed by atoms with Crippen molar-refractivity contribution in [1.29, 1.82) is 0 Å². The van der Waals surface area contributed by atoms with E-state index in [1.54, 1.807) is 11.8 Å². The lowest BCUT2D eigenvalue weighted by atomic mass is 10.1. The molecule has 2 rings (SSSR count). The number of amides is 2. The molecule has 0 spiro atoms. The van der Waals surface area contributed by atoms with Gasteiger partial charge in [0, 0.05) is 24.2 Å². The lowest BCUT2D eigenvalue weighted by Crippen LogP contribution is -2.41. The smallest absolute Gasteiger partial charge is 0.248 e. The van der Waals surface area contributed by atoms with Crippen molar-refractivity contribution in [2.24, 2.45) is 5.73 Å². The quantitative estimate of drug-likeness (QED) is 0.852. The minimum Gasteiger partial charge on any atom is -0.366 e. The maximum Gasteiger partial charge on any atom is 0.248 e. The van der Waals surface area contributed by atoms with Crippen molar-refractivity contribution in [3.8, 4) is 0 Å². The summed E-state index contributed by atoms with van der Waals surface area (Å²) in [5.41, 5.74) is 5.74. The molecule has 1 aromatic carbocycles. The third kappa shape index (κ3) is 3.14. The van der Waals surface area contributed by atoms with Gasteiger partial charge in [-0.2, -0.15) is 0 Å². The fourth-order valence-corrected chi connectivity index (χ4v) is 2.27. The normalized spacial score (nSPS) is 19.8. The molecule has 1 aliphatic rings. The Morgan fingerprint density at radius 2 is 2.30 bits per heavy atom. The van der Waals surface area contributed by atoms with Gasteiger partial charge in [0.1, 0.15) is 5.82 Å². The van der Waals surface area contributed by atoms with Gasteiger partial charge in [-0.15, -0.1) is 0 Å². The van der Waals surface area contributed by atoms with Gasteiger partial charge in [-0.3, -0.25) is 9.59 Å². The topological polar surface area (TPSA) is 75.4 Å². The highest BCUT2D eigenvalue weighted by molar-refractivity contribution is 5.93. The molecule has 2 amide bonds. The molecule has 1 heterocycles. The first kappa shape index (κ1) is 14.5. The van der Waals surface area contributed by atoms with Gasteiger partial charge in [0.25, 0.3) is 0 Å². The fraction of sp³-hybridized carbons (Fsp3) is 0.429. The number of carbonyl (C=O) groups excluding carboxylic acids is 2. The SMILES string of the molecule is CC1NCCCN(Cc2cc(C(N)=O)ccc2F)C1=O. The molecule has 20 heavy (non-hydrogen) atoms. The van der Waals surface area contributed by atoms with E-state index in [2.05, 4.69) is 5.32 Å². The maximum atomic E-state index is 13.8. The number of benzene rings is 1. The van der Waals surface area contributed by atoms with Crippen LogP contribution in [-0.2, 0) is 11.3 Å². The molecule has 6 heteroatoms. The third-order valence-corrected chi connectivity index (χ3v) is 3.43. The van der Waals surface area contributed by atoms with Crippen molar-refractivity contribution in [2.45, 2.75) is 25.9 Å². The van der Waals surface area contributed by atoms with E-state index in [4.69, 9.17) is 5.73 Å². The van der Waals surface area contributed by atoms with Crippen molar-refractivity contribution in [3.05, 3.63) is 35.1 Å². The minimum absolute atomic E-state index is 0.0635. The fourth-order valence-electron chi connectivity index (χ4n) is 2.27. The summed E-state index contributed by atoms with van der Waals surface area (Å²) in [5, 5.41) is 3.10. The van der Waals surface area contributed by atoms with Gasteiger partial charge >= 0.3 is 0 Å². The highest BCUT2D eigenvalue weighted by Crippen LogP contribution is 2.15. The minimum atomic E-state index is -0.608. The predicted octanol–water partition coefficient (Wildman–Crippen LogP) is 0.635. The summed E-state index contributed by atoms with van der Waals surface area (Å²) in [6.45, 7) is 3.26. The molecular formula is C14H18FN3O2. The van der Waals surface area contributed by atoms with Crippen molar-refractivity contribution in [2.75, 3.05) is 13.1 Å². The maximum absolute atomic E-state index is 13.8. The predicted molar refractivity (Wildman–Crippen MR) is 72.4 cm³/mol. The molecule has 0 saturated carbocycles. The average molecular weight is 279 g/mol. The van der Waals surface area contributed by atoms with E-state index in [-0.39, 0.29) is 24.1 Å². The van der Waals surface area contributed by atoms with Crippen LogP contribution >= 0.6 is 0 Å². The van der Waals surface area contributed by atoms with Crippen LogP contribution < -0.4 is 11.1 Å². The second kappa shape index (κ2) is 6.00. The van der Waals surface area contributed by atoms with Gasteiger partial charge in [0.05, 0.1) is 6.04 Å². The number of nitrogens with zero attached hydrogens (tertiary/aromatic N) is 1. The van der Waals surface area contributed by atoms with Crippen molar-refractivity contribution >= 4 is 11.8 Å². The molecule has 1 aromatic rings. The summed E-state index contributed by atoms with van der Waals surface area (Å²) < 4.78 is 13.8. The van der Waals surface area contributed by atoms with Gasteiger partial charge in [-0.05, 0) is 38.1 Å². The Balaban J connectivity index is 2.21. The molecule has 0 bridgehead atoms. The van der Waals surface area contributed by atoms with Gasteiger partial charge in [-0.25, -0.2) is 4.39 Å². The standard InChI is InChI=1S/C14H18FN3O2/c1-9-14(20)18(6-2-5-17-9)8-11-7-10(13(16)19)3-4-12(11)15/h3-4,7,9,17H,2,5-6,8H2,1H3,(H2,16,19). The van der Waals surface area contributed by atoms with Crippen LogP contribution in [0.4, 0.5) is 4.39 Å². The Morgan fingerprint density at radius 3 is 3.00 bits per heavy atom. The van der Waals surface area contributed by atoms with E-state index in [1.165, 1.54) is 18.2 Å². The molecule has 5 nitrogen and oxygen atoms in total. The molecule has 0 aliphatic carbocycles. The van der Waals surface area contributed by atoms with Gasteiger partial charge in [0.15, 0.2) is 0 Å². The van der Waals surface area contributed by atoms with Gasteiger partial charge in [0.2, 0.25) is 11.8 Å². The Hall–Kier alpha value is -1.95. The van der Waals surface area contributed by atoms with E-state index >= 15 is 0 Å². The summed E-state index contributed by atoms with van der Waals surface area (Å²) in [4.78, 5) is 24.9. The lowest BCUT2D eigenvalue weighted by molar-refractivity contribution is -0.132. The third-order valence-electron chi connectivity index (χ3n) is 3.43. The zero-order valence-electron chi connectivity index (χ0n) is 11.4. The van der Waals surface area contributed by atoms with Crippen LogP contribution in [0.3, 0.4) is 0 Å². The summed E-state index contributed by atoms with van der Waals surface area (Å²) in [6.07, 6.45) is 0.813. The molecule has 3 N–H and O–H groups in total. The summed E-state index contributed by atoms with van der Waals surface area (Å²) in [7, 11) is 0. The Kier molecular flexibility index (Phi) is 4.34. The number of nitrogens with two attached hydrogens (primary N) is 1. The number of halogens is 1. The van der Waals surface area contributed by atoms with Crippen LogP contribution in [-0.4, -0.2) is 35.8 Å². The molecule has 1 fully saturated rings. The second-order valence-electron chi connectivity index (χ2n) is 4.96. The first-order valence-electron chi connectivity index (χ1n) is 6.59. The first-order valence-corrected chi connectivity index (χ1v) is 6.59. The molecular weight excluding hydrogens is 261 g/mol. The van der Waals surface area contributed by atoms with Crippen molar-refractivity contribution in [1.82, 2.24) is 10.2 Å².